The lowest BCUT2D eigenvalue weighted by molar-refractivity contribution is -0.121. The van der Waals surface area contributed by atoms with Gasteiger partial charge in [0.2, 0.25) is 5.91 Å². The van der Waals surface area contributed by atoms with E-state index in [9.17, 15) is 4.79 Å². The van der Waals surface area contributed by atoms with Gasteiger partial charge in [-0.05, 0) is 31.2 Å². The summed E-state index contributed by atoms with van der Waals surface area (Å²) < 4.78 is 5.14. The van der Waals surface area contributed by atoms with Crippen molar-refractivity contribution < 1.29 is 9.53 Å². The second-order valence-corrected chi connectivity index (χ2v) is 6.15. The maximum absolute atomic E-state index is 12.8. The van der Waals surface area contributed by atoms with Crippen molar-refractivity contribution in [3.63, 3.8) is 0 Å². The second-order valence-electron chi connectivity index (χ2n) is 5.75. The van der Waals surface area contributed by atoms with Crippen LogP contribution in [-0.4, -0.2) is 45.2 Å². The number of piperidine rings is 1. The van der Waals surface area contributed by atoms with Gasteiger partial charge in [0.05, 0.1) is 12.1 Å². The van der Waals surface area contributed by atoms with Crippen LogP contribution in [0.4, 0.5) is 5.69 Å². The van der Waals surface area contributed by atoms with Gasteiger partial charge in [-0.15, -0.1) is 0 Å². The molecule has 7 heteroatoms. The summed E-state index contributed by atoms with van der Waals surface area (Å²) in [5.74, 6) is 0.894. The Morgan fingerprint density at radius 3 is 2.95 bits per heavy atom. The van der Waals surface area contributed by atoms with Crippen LogP contribution in [0.5, 0.6) is 5.75 Å². The van der Waals surface area contributed by atoms with Crippen LogP contribution in [0.25, 0.3) is 0 Å². The molecule has 0 radical (unpaired) electrons. The van der Waals surface area contributed by atoms with Gasteiger partial charge in [-0.3, -0.25) is 10.2 Å². The van der Waals surface area contributed by atoms with Crippen molar-refractivity contribution in [3.05, 3.63) is 23.2 Å². The third kappa shape index (κ3) is 2.79. The Kier molecular flexibility index (Phi) is 4.54. The van der Waals surface area contributed by atoms with Crippen molar-refractivity contribution in [1.29, 1.82) is 0 Å². The number of ether oxygens (including phenoxy) is 1. The summed E-state index contributed by atoms with van der Waals surface area (Å²) in [4.78, 5) is 14.4. The van der Waals surface area contributed by atoms with Gasteiger partial charge in [0.1, 0.15) is 11.8 Å². The highest BCUT2D eigenvalue weighted by Gasteiger charge is 2.42. The maximum atomic E-state index is 12.8. The Morgan fingerprint density at radius 1 is 1.41 bits per heavy atom. The first-order chi connectivity index (χ1) is 10.6. The van der Waals surface area contributed by atoms with Crippen LogP contribution in [0.15, 0.2) is 18.2 Å². The maximum Gasteiger partial charge on any atom is 0.245 e. The number of carbonyl (C=O) groups excluding carboxylic acids is 1. The normalized spacial score (nSPS) is 27.3. The quantitative estimate of drug-likeness (QED) is 0.766. The minimum atomic E-state index is -0.233. The topological polar surface area (TPSA) is 65.6 Å². The molecule has 2 saturated heterocycles. The number of methoxy groups -OCH3 is 1. The van der Waals surface area contributed by atoms with E-state index in [4.69, 9.17) is 16.3 Å². The van der Waals surface area contributed by atoms with Crippen LogP contribution in [-0.2, 0) is 4.79 Å². The zero-order valence-corrected chi connectivity index (χ0v) is 13.5. The fourth-order valence-electron chi connectivity index (χ4n) is 3.16. The molecule has 22 heavy (non-hydrogen) atoms. The molecular weight excluding hydrogens is 304 g/mol. The second kappa shape index (κ2) is 6.42. The van der Waals surface area contributed by atoms with Crippen LogP contribution in [0.1, 0.15) is 6.42 Å². The van der Waals surface area contributed by atoms with Crippen molar-refractivity contribution in [3.8, 4) is 5.75 Å². The molecule has 0 aromatic heterocycles. The number of nitrogens with one attached hydrogen (secondary N) is 3. The van der Waals surface area contributed by atoms with Gasteiger partial charge in [0.25, 0.3) is 0 Å². The SMILES string of the molecule is COc1ccc(N(C)C(=O)C2NNC3CCNCC32)cc1Cl. The largest absolute Gasteiger partial charge is 0.495 e. The van der Waals surface area contributed by atoms with Crippen molar-refractivity contribution in [2.24, 2.45) is 5.92 Å². The molecule has 0 saturated carbocycles. The van der Waals surface area contributed by atoms with Crippen LogP contribution >= 0.6 is 11.6 Å². The monoisotopic (exact) mass is 324 g/mol. The smallest absolute Gasteiger partial charge is 0.245 e. The standard InChI is InChI=1S/C15H21ClN4O2/c1-20(9-3-4-13(22-2)11(16)7-9)15(21)14-10-8-17-6-5-12(10)18-19-14/h3-4,7,10,12,14,17-19H,5-6,8H2,1-2H3. The molecule has 0 spiro atoms. The summed E-state index contributed by atoms with van der Waals surface area (Å²) in [6.45, 7) is 1.83. The first-order valence-corrected chi connectivity index (χ1v) is 7.82. The average molecular weight is 325 g/mol. The molecule has 1 amide bonds. The number of anilines is 1. The number of hydrazine groups is 1. The van der Waals surface area contributed by atoms with Crippen LogP contribution < -0.4 is 25.8 Å². The number of likely N-dealkylation sites (N-methyl/N-ethyl adjacent to an activating group) is 1. The summed E-state index contributed by atoms with van der Waals surface area (Å²) >= 11 is 6.15. The highest BCUT2D eigenvalue weighted by Crippen LogP contribution is 2.30. The lowest BCUT2D eigenvalue weighted by atomic mass is 9.89. The van der Waals surface area contributed by atoms with Crippen LogP contribution in [0.3, 0.4) is 0 Å². The van der Waals surface area contributed by atoms with E-state index in [2.05, 4.69) is 16.2 Å². The van der Waals surface area contributed by atoms with E-state index in [1.54, 1.807) is 31.2 Å². The van der Waals surface area contributed by atoms with Crippen molar-refractivity contribution in [2.45, 2.75) is 18.5 Å². The molecule has 1 aromatic carbocycles. The first-order valence-electron chi connectivity index (χ1n) is 7.44. The third-order valence-electron chi connectivity index (χ3n) is 4.50. The third-order valence-corrected chi connectivity index (χ3v) is 4.80. The molecule has 6 nitrogen and oxygen atoms in total. The Hall–Kier alpha value is -1.34. The van der Waals surface area contributed by atoms with Gasteiger partial charge in [0, 0.05) is 31.2 Å². The summed E-state index contributed by atoms with van der Waals surface area (Å²) in [6.07, 6.45) is 1.03. The molecule has 3 N–H and O–H groups in total. The molecule has 2 aliphatic heterocycles. The number of hydrogen-bond donors (Lipinski definition) is 3. The number of amides is 1. The summed E-state index contributed by atoms with van der Waals surface area (Å²) in [5.41, 5.74) is 7.14. The molecule has 1 aromatic rings. The van der Waals surface area contributed by atoms with E-state index < -0.39 is 0 Å². The summed E-state index contributed by atoms with van der Waals surface area (Å²) in [5, 5.41) is 3.85. The average Bonchev–Trinajstić information content (AvgIpc) is 2.97. The fraction of sp³-hybridized carbons (Fsp3) is 0.533. The van der Waals surface area contributed by atoms with E-state index in [0.717, 1.165) is 25.2 Å². The van der Waals surface area contributed by atoms with Crippen LogP contribution in [0, 0.1) is 5.92 Å². The molecule has 2 aliphatic rings. The van der Waals surface area contributed by atoms with Crippen molar-refractivity contribution in [2.75, 3.05) is 32.1 Å². The van der Waals surface area contributed by atoms with Gasteiger partial charge >= 0.3 is 0 Å². The first kappa shape index (κ1) is 15.6. The summed E-state index contributed by atoms with van der Waals surface area (Å²) in [6, 6.07) is 5.47. The van der Waals surface area contributed by atoms with Gasteiger partial charge in [-0.1, -0.05) is 11.6 Å². The minimum Gasteiger partial charge on any atom is -0.495 e. The number of rotatable bonds is 3. The molecule has 0 aliphatic carbocycles. The van der Waals surface area contributed by atoms with Crippen LogP contribution in [0.2, 0.25) is 5.02 Å². The minimum absolute atomic E-state index is 0.0323. The molecule has 3 rings (SSSR count). The molecule has 0 bridgehead atoms. The lowest BCUT2D eigenvalue weighted by Gasteiger charge is -2.29. The number of hydrogen-bond acceptors (Lipinski definition) is 5. The fourth-order valence-corrected chi connectivity index (χ4v) is 3.41. The lowest BCUT2D eigenvalue weighted by Crippen LogP contribution is -2.49. The van der Waals surface area contributed by atoms with Gasteiger partial charge < -0.3 is 15.0 Å². The molecular formula is C15H21ClN4O2. The number of carbonyl (C=O) groups is 1. The zero-order valence-electron chi connectivity index (χ0n) is 12.7. The number of fused-ring (bicyclic) bond motifs is 1. The highest BCUT2D eigenvalue weighted by atomic mass is 35.5. The Balaban J connectivity index is 1.75. The predicted octanol–water partition coefficient (Wildman–Crippen LogP) is 0.766. The van der Waals surface area contributed by atoms with E-state index in [-0.39, 0.29) is 17.9 Å². The number of nitrogens with zero attached hydrogens (tertiary/aromatic N) is 1. The van der Waals surface area contributed by atoms with E-state index in [1.165, 1.54) is 0 Å². The molecule has 3 atom stereocenters. The van der Waals surface area contributed by atoms with Gasteiger partial charge in [-0.25, -0.2) is 5.43 Å². The van der Waals surface area contributed by atoms with E-state index in [1.807, 2.05) is 6.07 Å². The molecule has 3 unspecified atom stereocenters. The highest BCUT2D eigenvalue weighted by molar-refractivity contribution is 6.32. The predicted molar refractivity (Wildman–Crippen MR) is 86.2 cm³/mol. The van der Waals surface area contributed by atoms with E-state index in [0.29, 0.717) is 16.8 Å². The molecule has 2 fully saturated rings. The zero-order chi connectivity index (χ0) is 15.7. The Bertz CT molecular complexity index is 568. The van der Waals surface area contributed by atoms with Crippen molar-refractivity contribution >= 4 is 23.2 Å². The van der Waals surface area contributed by atoms with Gasteiger partial charge in [0.15, 0.2) is 0 Å². The van der Waals surface area contributed by atoms with Crippen molar-refractivity contribution in [1.82, 2.24) is 16.2 Å². The van der Waals surface area contributed by atoms with E-state index >= 15 is 0 Å². The van der Waals surface area contributed by atoms with Gasteiger partial charge in [-0.2, -0.15) is 0 Å². The number of benzene rings is 1. The number of halogens is 1. The molecule has 120 valence electrons. The Morgan fingerprint density at radius 2 is 2.23 bits per heavy atom. The summed E-state index contributed by atoms with van der Waals surface area (Å²) in [7, 11) is 3.34. The molecule has 2 heterocycles. The Labute approximate surface area is 135 Å².